The van der Waals surface area contributed by atoms with Gasteiger partial charge in [0.2, 0.25) is 5.91 Å². The molecule has 0 aliphatic carbocycles. The minimum absolute atomic E-state index is 0.0775. The van der Waals surface area contributed by atoms with Gasteiger partial charge in [-0.2, -0.15) is 5.10 Å². The standard InChI is InChI=1S/C23H27FN4OS/c1-14(2)21-12-20(17-5-6-18(24)15(3)11-17)26-28(21)13-23(29)27-9-7-19-22(8-10-27)30-16(4)25-19/h5-6,11-12,14H,7-10,13H2,1-4H3. The van der Waals surface area contributed by atoms with Gasteiger partial charge in [-0.3, -0.25) is 9.48 Å². The summed E-state index contributed by atoms with van der Waals surface area (Å²) in [5, 5.41) is 5.81. The maximum Gasteiger partial charge on any atom is 0.244 e. The van der Waals surface area contributed by atoms with Gasteiger partial charge in [0.15, 0.2) is 0 Å². The molecular weight excluding hydrogens is 399 g/mol. The van der Waals surface area contributed by atoms with Crippen LogP contribution in [0.5, 0.6) is 0 Å². The van der Waals surface area contributed by atoms with Crippen LogP contribution in [0.2, 0.25) is 0 Å². The summed E-state index contributed by atoms with van der Waals surface area (Å²) in [5.41, 5.74) is 4.37. The van der Waals surface area contributed by atoms with Gasteiger partial charge < -0.3 is 4.90 Å². The number of halogens is 1. The lowest BCUT2D eigenvalue weighted by Crippen LogP contribution is -2.36. The van der Waals surface area contributed by atoms with Crippen molar-refractivity contribution >= 4 is 17.2 Å². The fourth-order valence-corrected chi connectivity index (χ4v) is 4.91. The zero-order chi connectivity index (χ0) is 21.4. The fourth-order valence-electron chi connectivity index (χ4n) is 3.94. The molecule has 7 heteroatoms. The average Bonchev–Trinajstić information content (AvgIpc) is 3.21. The zero-order valence-electron chi connectivity index (χ0n) is 17.9. The first-order valence-corrected chi connectivity index (χ1v) is 11.2. The highest BCUT2D eigenvalue weighted by Gasteiger charge is 2.23. The summed E-state index contributed by atoms with van der Waals surface area (Å²) >= 11 is 1.74. The lowest BCUT2D eigenvalue weighted by atomic mass is 10.1. The minimum atomic E-state index is -0.225. The van der Waals surface area contributed by atoms with Crippen LogP contribution in [0.3, 0.4) is 0 Å². The largest absolute Gasteiger partial charge is 0.340 e. The van der Waals surface area contributed by atoms with Crippen molar-refractivity contribution in [3.63, 3.8) is 0 Å². The number of carbonyl (C=O) groups is 1. The molecule has 1 amide bonds. The number of rotatable bonds is 4. The summed E-state index contributed by atoms with van der Waals surface area (Å²) in [4.78, 5) is 20.9. The van der Waals surface area contributed by atoms with Crippen LogP contribution in [0.1, 0.15) is 46.6 Å². The quantitative estimate of drug-likeness (QED) is 0.617. The van der Waals surface area contributed by atoms with Gasteiger partial charge in [0.25, 0.3) is 0 Å². The van der Waals surface area contributed by atoms with Crippen LogP contribution in [0.25, 0.3) is 11.3 Å². The van der Waals surface area contributed by atoms with Crippen molar-refractivity contribution in [3.8, 4) is 11.3 Å². The van der Waals surface area contributed by atoms with E-state index in [-0.39, 0.29) is 24.2 Å². The van der Waals surface area contributed by atoms with E-state index < -0.39 is 0 Å². The summed E-state index contributed by atoms with van der Waals surface area (Å²) < 4.78 is 15.5. The third-order valence-electron chi connectivity index (χ3n) is 5.61. The summed E-state index contributed by atoms with van der Waals surface area (Å²) in [5.74, 6) is 0.0782. The van der Waals surface area contributed by atoms with Crippen LogP contribution in [0.15, 0.2) is 24.3 Å². The van der Waals surface area contributed by atoms with Gasteiger partial charge in [0.1, 0.15) is 12.4 Å². The molecule has 0 saturated heterocycles. The first kappa shape index (κ1) is 20.7. The van der Waals surface area contributed by atoms with Gasteiger partial charge in [0, 0.05) is 42.1 Å². The van der Waals surface area contributed by atoms with E-state index in [4.69, 9.17) is 5.10 Å². The maximum atomic E-state index is 13.7. The zero-order valence-corrected chi connectivity index (χ0v) is 18.7. The highest BCUT2D eigenvalue weighted by atomic mass is 32.1. The number of aromatic nitrogens is 3. The molecule has 1 aromatic carbocycles. The van der Waals surface area contributed by atoms with Gasteiger partial charge in [-0.05, 0) is 49.6 Å². The van der Waals surface area contributed by atoms with Crippen LogP contribution < -0.4 is 0 Å². The Bertz CT molecular complexity index is 1060. The molecule has 1 aliphatic heterocycles. The highest BCUT2D eigenvalue weighted by Crippen LogP contribution is 2.26. The second-order valence-electron chi connectivity index (χ2n) is 8.21. The number of benzene rings is 1. The molecule has 30 heavy (non-hydrogen) atoms. The summed E-state index contributed by atoms with van der Waals surface area (Å²) in [6.07, 6.45) is 1.67. The fraction of sp³-hybridized carbons (Fsp3) is 0.435. The van der Waals surface area contributed by atoms with Gasteiger partial charge in [-0.1, -0.05) is 13.8 Å². The molecule has 5 nitrogen and oxygen atoms in total. The Morgan fingerprint density at radius 1 is 1.20 bits per heavy atom. The van der Waals surface area contributed by atoms with E-state index >= 15 is 0 Å². The van der Waals surface area contributed by atoms with Gasteiger partial charge >= 0.3 is 0 Å². The van der Waals surface area contributed by atoms with E-state index in [0.29, 0.717) is 12.1 Å². The highest BCUT2D eigenvalue weighted by molar-refractivity contribution is 7.11. The Labute approximate surface area is 180 Å². The van der Waals surface area contributed by atoms with E-state index in [0.717, 1.165) is 47.0 Å². The Kier molecular flexibility index (Phi) is 5.73. The summed E-state index contributed by atoms with van der Waals surface area (Å²) in [7, 11) is 0. The Morgan fingerprint density at radius 3 is 2.70 bits per heavy atom. The van der Waals surface area contributed by atoms with Crippen LogP contribution in [-0.2, 0) is 24.2 Å². The molecule has 0 radical (unpaired) electrons. The molecule has 0 spiro atoms. The average molecular weight is 427 g/mol. The van der Waals surface area contributed by atoms with Crippen LogP contribution >= 0.6 is 11.3 Å². The molecule has 0 bridgehead atoms. The summed E-state index contributed by atoms with van der Waals surface area (Å²) in [6.45, 7) is 9.59. The lowest BCUT2D eigenvalue weighted by molar-refractivity contribution is -0.132. The van der Waals surface area contributed by atoms with Crippen molar-refractivity contribution in [1.82, 2.24) is 19.7 Å². The SMILES string of the molecule is Cc1nc2c(s1)CCN(C(=O)Cn1nc(-c3ccc(F)c(C)c3)cc1C(C)C)CC2. The number of hydrogen-bond acceptors (Lipinski definition) is 4. The molecule has 0 N–H and O–H groups in total. The van der Waals surface area contributed by atoms with Crippen molar-refractivity contribution in [2.24, 2.45) is 0 Å². The van der Waals surface area contributed by atoms with Crippen LogP contribution in [0.4, 0.5) is 4.39 Å². The first-order chi connectivity index (χ1) is 14.3. The van der Waals surface area contributed by atoms with Crippen molar-refractivity contribution in [3.05, 3.63) is 56.9 Å². The van der Waals surface area contributed by atoms with Crippen molar-refractivity contribution in [2.75, 3.05) is 13.1 Å². The second-order valence-corrected chi connectivity index (χ2v) is 9.50. The van der Waals surface area contributed by atoms with E-state index in [1.54, 1.807) is 30.4 Å². The molecule has 3 aromatic rings. The Hall–Kier alpha value is -2.54. The second kappa shape index (κ2) is 8.30. The van der Waals surface area contributed by atoms with Gasteiger partial charge in [-0.25, -0.2) is 9.37 Å². The Morgan fingerprint density at radius 2 is 1.97 bits per heavy atom. The monoisotopic (exact) mass is 426 g/mol. The van der Waals surface area contributed by atoms with E-state index in [9.17, 15) is 9.18 Å². The number of amides is 1. The van der Waals surface area contributed by atoms with E-state index in [1.807, 2.05) is 22.6 Å². The van der Waals surface area contributed by atoms with E-state index in [2.05, 4.69) is 18.8 Å². The molecule has 2 aromatic heterocycles. The third-order valence-corrected chi connectivity index (χ3v) is 6.68. The lowest BCUT2D eigenvalue weighted by Gasteiger charge is -2.21. The normalized spacial score (nSPS) is 14.1. The van der Waals surface area contributed by atoms with Crippen molar-refractivity contribution in [2.45, 2.75) is 53.0 Å². The molecular formula is C23H27FN4OS. The predicted molar refractivity (Wildman–Crippen MR) is 117 cm³/mol. The molecule has 158 valence electrons. The number of carbonyl (C=O) groups excluding carboxylic acids is 1. The molecule has 0 fully saturated rings. The molecule has 0 atom stereocenters. The number of aryl methyl sites for hydroxylation is 2. The smallest absolute Gasteiger partial charge is 0.244 e. The van der Waals surface area contributed by atoms with Crippen molar-refractivity contribution < 1.29 is 9.18 Å². The van der Waals surface area contributed by atoms with Crippen LogP contribution in [0, 0.1) is 19.7 Å². The molecule has 0 saturated carbocycles. The van der Waals surface area contributed by atoms with E-state index in [1.165, 1.54) is 10.9 Å². The van der Waals surface area contributed by atoms with Gasteiger partial charge in [0.05, 0.1) is 16.4 Å². The topological polar surface area (TPSA) is 51.0 Å². The molecule has 0 unspecified atom stereocenters. The number of thiazole rings is 1. The van der Waals surface area contributed by atoms with Crippen LogP contribution in [-0.4, -0.2) is 38.7 Å². The number of nitrogens with zero attached hydrogens (tertiary/aromatic N) is 4. The van der Waals surface area contributed by atoms with Crippen molar-refractivity contribution in [1.29, 1.82) is 0 Å². The first-order valence-electron chi connectivity index (χ1n) is 10.4. The molecule has 3 heterocycles. The van der Waals surface area contributed by atoms with Gasteiger partial charge in [-0.15, -0.1) is 11.3 Å². The third kappa shape index (κ3) is 4.17. The number of hydrogen-bond donors (Lipinski definition) is 0. The molecule has 4 rings (SSSR count). The minimum Gasteiger partial charge on any atom is -0.340 e. The summed E-state index contributed by atoms with van der Waals surface area (Å²) in [6, 6.07) is 7.02. The Balaban J connectivity index is 1.53. The predicted octanol–water partition coefficient (Wildman–Crippen LogP) is 4.51. The number of fused-ring (bicyclic) bond motifs is 1. The maximum absolute atomic E-state index is 13.7. The molecule has 1 aliphatic rings.